The maximum atomic E-state index is 10.1. The molecule has 1 aliphatic rings. The lowest BCUT2D eigenvalue weighted by Gasteiger charge is -2.40. The molecule has 0 spiro atoms. The minimum absolute atomic E-state index is 0. The molecule has 0 unspecified atom stereocenters. The van der Waals surface area contributed by atoms with Crippen LogP contribution < -0.4 is 10.1 Å². The van der Waals surface area contributed by atoms with Crippen molar-refractivity contribution in [2.24, 2.45) is 0 Å². The maximum Gasteiger partial charge on any atom is 0.186 e. The molecule has 26 heavy (non-hydrogen) atoms. The highest BCUT2D eigenvalue weighted by molar-refractivity contribution is 5.85. The average Bonchev–Trinajstić information content (AvgIpc) is 2.64. The first-order chi connectivity index (χ1) is 12.1. The van der Waals surface area contributed by atoms with Gasteiger partial charge in [0.2, 0.25) is 0 Å². The Bertz CT molecular complexity index is 503. The van der Waals surface area contributed by atoms with Crippen LogP contribution in [-0.4, -0.2) is 66.3 Å². The molecular formula is C18H30ClNO6. The Morgan fingerprint density at radius 2 is 1.77 bits per heavy atom. The van der Waals surface area contributed by atoms with E-state index in [1.807, 2.05) is 31.2 Å². The number of hydrogen-bond acceptors (Lipinski definition) is 7. The van der Waals surface area contributed by atoms with Crippen LogP contribution >= 0.6 is 12.4 Å². The third-order valence-electron chi connectivity index (χ3n) is 4.28. The van der Waals surface area contributed by atoms with Crippen molar-refractivity contribution >= 4 is 12.4 Å². The van der Waals surface area contributed by atoms with Crippen LogP contribution in [0.5, 0.6) is 5.75 Å². The molecular weight excluding hydrogens is 362 g/mol. The zero-order valence-corrected chi connectivity index (χ0v) is 16.0. The predicted octanol–water partition coefficient (Wildman–Crippen LogP) is 0.831. The normalized spacial score (nSPS) is 28.4. The molecule has 1 saturated heterocycles. The molecule has 2 rings (SSSR count). The summed E-state index contributed by atoms with van der Waals surface area (Å²) >= 11 is 0. The van der Waals surface area contributed by atoms with Crippen molar-refractivity contribution in [1.82, 2.24) is 5.32 Å². The number of methoxy groups -OCH3 is 1. The van der Waals surface area contributed by atoms with Gasteiger partial charge in [0.25, 0.3) is 0 Å². The lowest BCUT2D eigenvalue weighted by Crippen LogP contribution is -2.60. The second-order valence-corrected chi connectivity index (χ2v) is 6.22. The van der Waals surface area contributed by atoms with E-state index in [1.54, 1.807) is 7.11 Å². The van der Waals surface area contributed by atoms with Crippen molar-refractivity contribution < 1.29 is 29.5 Å². The van der Waals surface area contributed by atoms with E-state index in [1.165, 1.54) is 0 Å². The van der Waals surface area contributed by atoms with Crippen LogP contribution in [0.15, 0.2) is 24.3 Å². The van der Waals surface area contributed by atoms with E-state index in [-0.39, 0.29) is 12.4 Å². The Labute approximate surface area is 160 Å². The Morgan fingerprint density at radius 3 is 2.38 bits per heavy atom. The van der Waals surface area contributed by atoms with Gasteiger partial charge in [0.15, 0.2) is 6.29 Å². The highest BCUT2D eigenvalue weighted by Crippen LogP contribution is 2.22. The molecule has 150 valence electrons. The molecule has 1 aliphatic heterocycles. The first-order valence-electron chi connectivity index (χ1n) is 8.71. The molecule has 0 aliphatic carbocycles. The summed E-state index contributed by atoms with van der Waals surface area (Å²) in [5.74, 6) is 0.791. The van der Waals surface area contributed by atoms with E-state index >= 15 is 0 Å². The van der Waals surface area contributed by atoms with Gasteiger partial charge in [-0.15, -0.1) is 12.4 Å². The summed E-state index contributed by atoms with van der Waals surface area (Å²) in [6, 6.07) is 7.64. The van der Waals surface area contributed by atoms with Crippen molar-refractivity contribution in [3.05, 3.63) is 29.8 Å². The first kappa shape index (κ1) is 23.1. The summed E-state index contributed by atoms with van der Waals surface area (Å²) in [6.45, 7) is 3.38. The second-order valence-electron chi connectivity index (χ2n) is 6.22. The van der Waals surface area contributed by atoms with Crippen molar-refractivity contribution in [2.45, 2.75) is 57.0 Å². The van der Waals surface area contributed by atoms with Crippen LogP contribution in [0.3, 0.4) is 0 Å². The number of ether oxygens (including phenoxy) is 3. The number of unbranched alkanes of at least 4 members (excludes halogenated alkanes) is 1. The molecule has 1 aromatic rings. The van der Waals surface area contributed by atoms with Gasteiger partial charge >= 0.3 is 0 Å². The largest absolute Gasteiger partial charge is 0.497 e. The smallest absolute Gasteiger partial charge is 0.186 e. The summed E-state index contributed by atoms with van der Waals surface area (Å²) in [5, 5.41) is 33.3. The van der Waals surface area contributed by atoms with E-state index in [9.17, 15) is 15.3 Å². The maximum absolute atomic E-state index is 10.1. The summed E-state index contributed by atoms with van der Waals surface area (Å²) in [5.41, 5.74) is 1.06. The minimum Gasteiger partial charge on any atom is -0.497 e. The molecule has 8 heteroatoms. The molecule has 1 aromatic carbocycles. The second kappa shape index (κ2) is 11.7. The van der Waals surface area contributed by atoms with Crippen LogP contribution in [0, 0.1) is 0 Å². The predicted molar refractivity (Wildman–Crippen MR) is 99.5 cm³/mol. The van der Waals surface area contributed by atoms with Gasteiger partial charge in [0, 0.05) is 19.7 Å². The van der Waals surface area contributed by atoms with Gasteiger partial charge in [0.05, 0.1) is 7.11 Å². The van der Waals surface area contributed by atoms with Crippen LogP contribution in [0.4, 0.5) is 0 Å². The summed E-state index contributed by atoms with van der Waals surface area (Å²) < 4.78 is 16.2. The first-order valence-corrected chi connectivity index (χ1v) is 8.71. The molecule has 7 nitrogen and oxygen atoms in total. The van der Waals surface area contributed by atoms with Crippen LogP contribution in [0.2, 0.25) is 0 Å². The molecule has 0 saturated carbocycles. The number of hydrogen-bond donors (Lipinski definition) is 4. The molecule has 1 heterocycles. The third kappa shape index (κ3) is 6.35. The Balaban J connectivity index is 0.00000338. The van der Waals surface area contributed by atoms with Crippen molar-refractivity contribution in [3.8, 4) is 5.75 Å². The van der Waals surface area contributed by atoms with Gasteiger partial charge < -0.3 is 34.8 Å². The van der Waals surface area contributed by atoms with Gasteiger partial charge in [-0.25, -0.2) is 0 Å². The zero-order valence-electron chi connectivity index (χ0n) is 15.2. The SMILES string of the molecule is CCCCO[C@H]1O[C@H](CNCc2ccc(OC)cc2)[C@@H](O)[C@H](O)[C@H]1O.Cl. The van der Waals surface area contributed by atoms with Crippen LogP contribution in [0.25, 0.3) is 0 Å². The lowest BCUT2D eigenvalue weighted by molar-refractivity contribution is -0.295. The van der Waals surface area contributed by atoms with Gasteiger partial charge in [-0.05, 0) is 24.1 Å². The number of benzene rings is 1. The van der Waals surface area contributed by atoms with Crippen molar-refractivity contribution in [1.29, 1.82) is 0 Å². The molecule has 0 bridgehead atoms. The van der Waals surface area contributed by atoms with E-state index in [2.05, 4.69) is 5.32 Å². The molecule has 0 radical (unpaired) electrons. The quantitative estimate of drug-likeness (QED) is 0.462. The molecule has 0 aromatic heterocycles. The van der Waals surface area contributed by atoms with Gasteiger partial charge in [0.1, 0.15) is 30.2 Å². The number of aliphatic hydroxyl groups is 3. The Morgan fingerprint density at radius 1 is 1.08 bits per heavy atom. The van der Waals surface area contributed by atoms with E-state index in [4.69, 9.17) is 14.2 Å². The van der Waals surface area contributed by atoms with Crippen molar-refractivity contribution in [3.63, 3.8) is 0 Å². The van der Waals surface area contributed by atoms with Crippen LogP contribution in [0.1, 0.15) is 25.3 Å². The number of halogens is 1. The van der Waals surface area contributed by atoms with Gasteiger partial charge in [-0.1, -0.05) is 25.5 Å². The van der Waals surface area contributed by atoms with Crippen molar-refractivity contribution in [2.75, 3.05) is 20.3 Å². The highest BCUT2D eigenvalue weighted by atomic mass is 35.5. The molecule has 0 amide bonds. The monoisotopic (exact) mass is 391 g/mol. The van der Waals surface area contributed by atoms with Crippen LogP contribution in [-0.2, 0) is 16.0 Å². The number of aliphatic hydroxyl groups excluding tert-OH is 3. The van der Waals surface area contributed by atoms with Gasteiger partial charge in [-0.2, -0.15) is 0 Å². The van der Waals surface area contributed by atoms with E-state index in [0.29, 0.717) is 19.7 Å². The zero-order chi connectivity index (χ0) is 18.2. The molecule has 4 N–H and O–H groups in total. The standard InChI is InChI=1S/C18H29NO6.ClH/c1-3-4-9-24-18-17(22)16(21)15(20)14(25-18)11-19-10-12-5-7-13(23-2)8-6-12;/h5-8,14-22H,3-4,9-11H2,1-2H3;1H/t14-,15-,16+,17-,18+;/m1./s1. The third-order valence-corrected chi connectivity index (χ3v) is 4.28. The summed E-state index contributed by atoms with van der Waals surface area (Å²) in [4.78, 5) is 0. The minimum atomic E-state index is -1.30. The number of rotatable bonds is 9. The van der Waals surface area contributed by atoms with Gasteiger partial charge in [-0.3, -0.25) is 0 Å². The summed E-state index contributed by atoms with van der Waals surface area (Å²) in [7, 11) is 1.62. The molecule has 5 atom stereocenters. The summed E-state index contributed by atoms with van der Waals surface area (Å²) in [6.07, 6.45) is -3.53. The lowest BCUT2D eigenvalue weighted by atomic mass is 9.98. The fraction of sp³-hybridized carbons (Fsp3) is 0.667. The average molecular weight is 392 g/mol. The molecule has 1 fully saturated rings. The highest BCUT2D eigenvalue weighted by Gasteiger charge is 2.43. The van der Waals surface area contributed by atoms with E-state index in [0.717, 1.165) is 24.2 Å². The Hall–Kier alpha value is -0.930. The number of nitrogens with one attached hydrogen (secondary N) is 1. The Kier molecular flexibility index (Phi) is 10.4. The fourth-order valence-electron chi connectivity index (χ4n) is 2.67. The fourth-order valence-corrected chi connectivity index (χ4v) is 2.67. The van der Waals surface area contributed by atoms with E-state index < -0.39 is 30.7 Å². The topological polar surface area (TPSA) is 100 Å².